The van der Waals surface area contributed by atoms with Gasteiger partial charge in [0.25, 0.3) is 5.91 Å². The number of alkyl halides is 3. The van der Waals surface area contributed by atoms with E-state index in [1.54, 1.807) is 11.4 Å². The largest absolute Gasteiger partial charge is 0.415 e. The summed E-state index contributed by atoms with van der Waals surface area (Å²) in [7, 11) is 0. The number of carbonyl (C=O) groups excluding carboxylic acids is 1. The van der Waals surface area contributed by atoms with Gasteiger partial charge in [0.05, 0.1) is 0 Å². The van der Waals surface area contributed by atoms with Crippen molar-refractivity contribution in [1.82, 2.24) is 5.32 Å². The number of hydrogen-bond acceptors (Lipinski definition) is 3. The molecule has 0 aliphatic carbocycles. The Balaban J connectivity index is 2.78. The van der Waals surface area contributed by atoms with Crippen LogP contribution in [0.2, 0.25) is 0 Å². The van der Waals surface area contributed by atoms with Crippen LogP contribution in [0.4, 0.5) is 13.2 Å². The average molecular weight is 262 g/mol. The molecule has 0 bridgehead atoms. The van der Waals surface area contributed by atoms with Crippen molar-refractivity contribution >= 4 is 5.91 Å². The first-order valence-electron chi connectivity index (χ1n) is 4.85. The van der Waals surface area contributed by atoms with E-state index in [9.17, 15) is 28.1 Å². The number of rotatable bonds is 4. The molecule has 18 heavy (non-hydrogen) atoms. The summed E-state index contributed by atoms with van der Waals surface area (Å²) in [4.78, 5) is 20.5. The van der Waals surface area contributed by atoms with Crippen LogP contribution >= 0.6 is 0 Å². The fourth-order valence-electron chi connectivity index (χ4n) is 1.21. The lowest BCUT2D eigenvalue weighted by Gasteiger charge is -2.17. The second-order valence-corrected chi connectivity index (χ2v) is 3.45. The van der Waals surface area contributed by atoms with Crippen molar-refractivity contribution in [2.24, 2.45) is 0 Å². The summed E-state index contributed by atoms with van der Waals surface area (Å²) in [5, 5.41) is 11.7. The Kier molecular flexibility index (Phi) is 4.24. The number of nitrogens with one attached hydrogen (secondary N) is 1. The van der Waals surface area contributed by atoms with Gasteiger partial charge in [0.2, 0.25) is 6.54 Å². The van der Waals surface area contributed by atoms with Crippen molar-refractivity contribution in [2.75, 3.05) is 6.54 Å². The van der Waals surface area contributed by atoms with Crippen LogP contribution in [0.15, 0.2) is 30.3 Å². The number of hydrogen-bond donors (Lipinski definition) is 1. The Morgan fingerprint density at radius 3 is 2.33 bits per heavy atom. The maximum atomic E-state index is 12.4. The highest BCUT2D eigenvalue weighted by Crippen LogP contribution is 2.20. The smallest absolute Gasteiger partial charge is 0.335 e. The molecule has 0 radical (unpaired) electrons. The Morgan fingerprint density at radius 2 is 1.89 bits per heavy atom. The highest BCUT2D eigenvalue weighted by Gasteiger charge is 2.44. The van der Waals surface area contributed by atoms with Gasteiger partial charge in [-0.1, -0.05) is 18.2 Å². The standard InChI is InChI=1S/C10H9F3N2O3/c11-10(12,13)8(6-15(17)18)14-9(16)7-4-2-1-3-5-7/h1-5,8H,6H2,(H,14,16). The van der Waals surface area contributed by atoms with Crippen LogP contribution in [-0.4, -0.2) is 29.6 Å². The molecule has 0 aromatic heterocycles. The number of halogens is 3. The van der Waals surface area contributed by atoms with Crippen LogP contribution in [-0.2, 0) is 0 Å². The van der Waals surface area contributed by atoms with Crippen molar-refractivity contribution in [1.29, 1.82) is 0 Å². The van der Waals surface area contributed by atoms with E-state index in [-0.39, 0.29) is 5.56 Å². The summed E-state index contributed by atoms with van der Waals surface area (Å²) in [6, 6.07) is 4.68. The predicted octanol–water partition coefficient (Wildman–Crippen LogP) is 1.62. The number of nitrogens with zero attached hydrogens (tertiary/aromatic N) is 1. The highest BCUT2D eigenvalue weighted by atomic mass is 19.4. The second-order valence-electron chi connectivity index (χ2n) is 3.45. The zero-order valence-corrected chi connectivity index (χ0v) is 8.98. The average Bonchev–Trinajstić information content (AvgIpc) is 2.27. The molecule has 0 fully saturated rings. The Morgan fingerprint density at radius 1 is 1.33 bits per heavy atom. The first kappa shape index (κ1) is 13.9. The summed E-state index contributed by atoms with van der Waals surface area (Å²) >= 11 is 0. The van der Waals surface area contributed by atoms with Crippen molar-refractivity contribution in [3.63, 3.8) is 0 Å². The summed E-state index contributed by atoms with van der Waals surface area (Å²) in [5.41, 5.74) is 0.00935. The molecule has 1 atom stereocenters. The first-order valence-corrected chi connectivity index (χ1v) is 4.85. The lowest BCUT2D eigenvalue weighted by Crippen LogP contribution is -2.49. The molecule has 1 N–H and O–H groups in total. The minimum absolute atomic E-state index is 0.00935. The van der Waals surface area contributed by atoms with Crippen molar-refractivity contribution in [2.45, 2.75) is 12.2 Å². The quantitative estimate of drug-likeness (QED) is 0.662. The van der Waals surface area contributed by atoms with E-state index >= 15 is 0 Å². The maximum Gasteiger partial charge on any atom is 0.415 e. The summed E-state index contributed by atoms with van der Waals surface area (Å²) < 4.78 is 37.3. The van der Waals surface area contributed by atoms with Crippen molar-refractivity contribution < 1.29 is 22.9 Å². The van der Waals surface area contributed by atoms with E-state index in [0.717, 1.165) is 0 Å². The zero-order valence-electron chi connectivity index (χ0n) is 8.98. The maximum absolute atomic E-state index is 12.4. The minimum atomic E-state index is -4.86. The van der Waals surface area contributed by atoms with Crippen LogP contribution in [0.25, 0.3) is 0 Å². The van der Waals surface area contributed by atoms with Crippen LogP contribution < -0.4 is 5.32 Å². The molecule has 1 aromatic carbocycles. The molecule has 0 saturated heterocycles. The Hall–Kier alpha value is -2.12. The summed E-state index contributed by atoms with van der Waals surface area (Å²) in [5.74, 6) is -1.00. The van der Waals surface area contributed by atoms with E-state index in [2.05, 4.69) is 0 Å². The zero-order chi connectivity index (χ0) is 13.8. The highest BCUT2D eigenvalue weighted by molar-refractivity contribution is 5.94. The van der Waals surface area contributed by atoms with Crippen LogP contribution in [0.1, 0.15) is 10.4 Å². The van der Waals surface area contributed by atoms with Crippen molar-refractivity contribution in [3.8, 4) is 0 Å². The lowest BCUT2D eigenvalue weighted by atomic mass is 10.2. The van der Waals surface area contributed by atoms with Gasteiger partial charge in [-0.25, -0.2) is 0 Å². The Bertz CT molecular complexity index is 434. The normalized spacial score (nSPS) is 12.8. The molecule has 8 heteroatoms. The molecule has 98 valence electrons. The summed E-state index contributed by atoms with van der Waals surface area (Å²) in [6.45, 7) is -1.40. The van der Waals surface area contributed by atoms with E-state index < -0.39 is 29.6 Å². The van der Waals surface area contributed by atoms with Gasteiger partial charge in [-0.05, 0) is 12.1 Å². The molecule has 0 spiro atoms. The van der Waals surface area contributed by atoms with Gasteiger partial charge in [-0.2, -0.15) is 13.2 Å². The molecule has 0 heterocycles. The number of nitro groups is 1. The number of amides is 1. The van der Waals surface area contributed by atoms with E-state index in [4.69, 9.17) is 0 Å². The molecule has 1 aromatic rings. The third-order valence-electron chi connectivity index (χ3n) is 2.07. The minimum Gasteiger partial charge on any atom is -0.335 e. The molecule has 1 unspecified atom stereocenters. The van der Waals surface area contributed by atoms with Crippen molar-refractivity contribution in [3.05, 3.63) is 46.0 Å². The first-order chi connectivity index (χ1) is 8.30. The third kappa shape index (κ3) is 4.04. The summed E-state index contributed by atoms with van der Waals surface area (Å²) in [6.07, 6.45) is -4.86. The van der Waals surface area contributed by atoms with E-state index in [0.29, 0.717) is 0 Å². The monoisotopic (exact) mass is 262 g/mol. The molecular weight excluding hydrogens is 253 g/mol. The number of benzene rings is 1. The van der Waals surface area contributed by atoms with Gasteiger partial charge >= 0.3 is 6.18 Å². The third-order valence-corrected chi connectivity index (χ3v) is 2.07. The van der Waals surface area contributed by atoms with Gasteiger partial charge in [0.1, 0.15) is 0 Å². The van der Waals surface area contributed by atoms with Gasteiger partial charge in [-0.3, -0.25) is 14.9 Å². The molecule has 0 saturated carbocycles. The molecule has 1 amide bonds. The topological polar surface area (TPSA) is 72.2 Å². The molecule has 0 aliphatic heterocycles. The molecular formula is C10H9F3N2O3. The fourth-order valence-corrected chi connectivity index (χ4v) is 1.21. The fraction of sp³-hybridized carbons (Fsp3) is 0.300. The molecule has 0 aliphatic rings. The van der Waals surface area contributed by atoms with Gasteiger partial charge in [0.15, 0.2) is 6.04 Å². The van der Waals surface area contributed by atoms with Crippen LogP contribution in [0.5, 0.6) is 0 Å². The number of carbonyl (C=O) groups is 1. The predicted molar refractivity (Wildman–Crippen MR) is 55.6 cm³/mol. The van der Waals surface area contributed by atoms with Gasteiger partial charge in [-0.15, -0.1) is 0 Å². The molecule has 1 rings (SSSR count). The lowest BCUT2D eigenvalue weighted by molar-refractivity contribution is -0.490. The SMILES string of the molecule is O=C(NC(C[N+](=O)[O-])C(F)(F)F)c1ccccc1. The Labute approximate surface area is 99.8 Å². The molecule has 5 nitrogen and oxygen atoms in total. The second kappa shape index (κ2) is 5.48. The van der Waals surface area contributed by atoms with Crippen LogP contribution in [0, 0.1) is 10.1 Å². The van der Waals surface area contributed by atoms with Crippen LogP contribution in [0.3, 0.4) is 0 Å². The van der Waals surface area contributed by atoms with Gasteiger partial charge in [0, 0.05) is 10.5 Å². The van der Waals surface area contributed by atoms with E-state index in [1.807, 2.05) is 0 Å². The van der Waals surface area contributed by atoms with E-state index in [1.165, 1.54) is 24.3 Å². The van der Waals surface area contributed by atoms with Gasteiger partial charge < -0.3 is 5.32 Å².